The molecule has 0 atom stereocenters. The van der Waals surface area contributed by atoms with E-state index < -0.39 is 0 Å². The molecule has 0 amide bonds. The first-order valence-corrected chi connectivity index (χ1v) is 6.49. The molecule has 0 radical (unpaired) electrons. The van der Waals surface area contributed by atoms with Gasteiger partial charge in [0.05, 0.1) is 18.4 Å². The lowest BCUT2D eigenvalue weighted by atomic mass is 10.4. The van der Waals surface area contributed by atoms with Crippen LogP contribution in [0.1, 0.15) is 13.3 Å². The molecule has 1 aromatic rings. The van der Waals surface area contributed by atoms with Crippen LogP contribution in [0, 0.1) is 0 Å². The summed E-state index contributed by atoms with van der Waals surface area (Å²) in [6.45, 7) is 4.30. The summed E-state index contributed by atoms with van der Waals surface area (Å²) in [7, 11) is 3.94. The Balaban J connectivity index is 2.83. The van der Waals surface area contributed by atoms with Gasteiger partial charge in [0.15, 0.2) is 0 Å². The highest BCUT2D eigenvalue weighted by Gasteiger charge is 2.08. The Morgan fingerprint density at radius 2 is 2.24 bits per heavy atom. The Bertz CT molecular complexity index is 416. The first-order valence-electron chi connectivity index (χ1n) is 5.70. The molecule has 0 bridgehead atoms. The minimum Gasteiger partial charge on any atom is -0.383 e. The average Bonchev–Trinajstić information content (AvgIpc) is 2.29. The lowest BCUT2D eigenvalue weighted by Crippen LogP contribution is -2.29. The van der Waals surface area contributed by atoms with Crippen molar-refractivity contribution in [2.75, 3.05) is 32.5 Å². The number of hydrogen-bond acceptors (Lipinski definition) is 4. The van der Waals surface area contributed by atoms with Gasteiger partial charge in [-0.1, -0.05) is 6.92 Å². The largest absolute Gasteiger partial charge is 0.383 e. The lowest BCUT2D eigenvalue weighted by molar-refractivity contribution is 0.367. The summed E-state index contributed by atoms with van der Waals surface area (Å²) in [5.41, 5.74) is 0.672. The van der Waals surface area contributed by atoms with E-state index in [4.69, 9.17) is 0 Å². The van der Waals surface area contributed by atoms with Gasteiger partial charge in [0.2, 0.25) is 0 Å². The van der Waals surface area contributed by atoms with Crippen LogP contribution in [0.3, 0.4) is 0 Å². The third kappa shape index (κ3) is 4.12. The van der Waals surface area contributed by atoms with E-state index in [1.165, 1.54) is 4.68 Å². The molecular weight excluding hydrogens is 284 g/mol. The van der Waals surface area contributed by atoms with E-state index in [1.54, 1.807) is 6.20 Å². The number of halogens is 1. The molecule has 0 spiro atoms. The van der Waals surface area contributed by atoms with Crippen molar-refractivity contribution >= 4 is 21.6 Å². The predicted molar refractivity (Wildman–Crippen MR) is 73.5 cm³/mol. The number of rotatable bonds is 6. The minimum absolute atomic E-state index is 0.0899. The van der Waals surface area contributed by atoms with Gasteiger partial charge in [-0.25, -0.2) is 4.68 Å². The van der Waals surface area contributed by atoms with E-state index in [-0.39, 0.29) is 5.56 Å². The van der Waals surface area contributed by atoms with Crippen molar-refractivity contribution in [3.8, 4) is 0 Å². The smallest absolute Gasteiger partial charge is 0.283 e. The van der Waals surface area contributed by atoms with E-state index in [2.05, 4.69) is 33.3 Å². The highest BCUT2D eigenvalue weighted by molar-refractivity contribution is 9.10. The molecule has 0 aliphatic rings. The molecule has 17 heavy (non-hydrogen) atoms. The van der Waals surface area contributed by atoms with Crippen LogP contribution in [0.5, 0.6) is 0 Å². The van der Waals surface area contributed by atoms with Crippen molar-refractivity contribution in [2.24, 2.45) is 0 Å². The molecule has 1 rings (SSSR count). The minimum atomic E-state index is -0.0899. The van der Waals surface area contributed by atoms with Crippen LogP contribution >= 0.6 is 15.9 Å². The molecule has 1 N–H and O–H groups in total. The van der Waals surface area contributed by atoms with Crippen LogP contribution in [0.4, 0.5) is 5.69 Å². The number of hydrogen-bond donors (Lipinski definition) is 1. The summed E-state index contributed by atoms with van der Waals surface area (Å²) < 4.78 is 2.03. The Morgan fingerprint density at radius 3 is 2.82 bits per heavy atom. The molecule has 0 saturated heterocycles. The van der Waals surface area contributed by atoms with Crippen LogP contribution in [0.25, 0.3) is 0 Å². The Labute approximate surface area is 110 Å². The van der Waals surface area contributed by atoms with E-state index in [0.717, 1.165) is 25.2 Å². The Kier molecular flexibility index (Phi) is 5.64. The van der Waals surface area contributed by atoms with Gasteiger partial charge in [0.1, 0.15) is 4.47 Å². The highest BCUT2D eigenvalue weighted by atomic mass is 79.9. The monoisotopic (exact) mass is 302 g/mol. The second kappa shape index (κ2) is 6.76. The number of likely N-dealkylation sites (N-methyl/N-ethyl adjacent to an activating group) is 1. The number of anilines is 1. The first kappa shape index (κ1) is 14.2. The highest BCUT2D eigenvalue weighted by Crippen LogP contribution is 2.15. The molecule has 5 nitrogen and oxygen atoms in total. The molecule has 0 aromatic carbocycles. The van der Waals surface area contributed by atoms with Crippen LogP contribution in [0.2, 0.25) is 0 Å². The SMILES string of the molecule is CCCNc1cnn(CCN(C)C)c(=O)c1Br. The van der Waals surface area contributed by atoms with Crippen molar-refractivity contribution in [1.82, 2.24) is 14.7 Å². The van der Waals surface area contributed by atoms with Crippen molar-refractivity contribution in [2.45, 2.75) is 19.9 Å². The Hall–Kier alpha value is -0.880. The fourth-order valence-corrected chi connectivity index (χ4v) is 1.75. The topological polar surface area (TPSA) is 50.2 Å². The molecule has 0 aliphatic heterocycles. The van der Waals surface area contributed by atoms with Crippen molar-refractivity contribution in [1.29, 1.82) is 0 Å². The van der Waals surface area contributed by atoms with E-state index in [9.17, 15) is 4.79 Å². The molecule has 1 aromatic heterocycles. The van der Waals surface area contributed by atoms with Gasteiger partial charge in [-0.15, -0.1) is 0 Å². The zero-order valence-corrected chi connectivity index (χ0v) is 12.1. The third-order valence-electron chi connectivity index (χ3n) is 2.31. The zero-order valence-electron chi connectivity index (χ0n) is 10.5. The normalized spacial score (nSPS) is 10.9. The number of aromatic nitrogens is 2. The predicted octanol–water partition coefficient (Wildman–Crippen LogP) is 1.39. The number of nitrogens with one attached hydrogen (secondary N) is 1. The first-order chi connectivity index (χ1) is 8.06. The molecule has 96 valence electrons. The maximum absolute atomic E-state index is 12.0. The van der Waals surface area contributed by atoms with Crippen LogP contribution in [-0.2, 0) is 6.54 Å². The Morgan fingerprint density at radius 1 is 1.53 bits per heavy atom. The average molecular weight is 303 g/mol. The van der Waals surface area contributed by atoms with Crippen LogP contribution < -0.4 is 10.9 Å². The maximum Gasteiger partial charge on any atom is 0.283 e. The van der Waals surface area contributed by atoms with Crippen LogP contribution in [0.15, 0.2) is 15.5 Å². The number of nitrogens with zero attached hydrogens (tertiary/aromatic N) is 3. The quantitative estimate of drug-likeness (QED) is 0.863. The van der Waals surface area contributed by atoms with Gasteiger partial charge in [-0.05, 0) is 36.4 Å². The summed E-state index contributed by atoms with van der Waals surface area (Å²) in [4.78, 5) is 14.0. The second-order valence-corrected chi connectivity index (χ2v) is 4.92. The molecule has 0 fully saturated rings. The summed E-state index contributed by atoms with van der Waals surface area (Å²) in [5.74, 6) is 0. The summed E-state index contributed by atoms with van der Waals surface area (Å²) in [5, 5.41) is 7.31. The van der Waals surface area contributed by atoms with Gasteiger partial charge in [0.25, 0.3) is 5.56 Å². The zero-order chi connectivity index (χ0) is 12.8. The maximum atomic E-state index is 12.0. The van der Waals surface area contributed by atoms with E-state index in [0.29, 0.717) is 11.0 Å². The fourth-order valence-electron chi connectivity index (χ4n) is 1.30. The van der Waals surface area contributed by atoms with Gasteiger partial charge >= 0.3 is 0 Å². The summed E-state index contributed by atoms with van der Waals surface area (Å²) in [6, 6.07) is 0. The summed E-state index contributed by atoms with van der Waals surface area (Å²) >= 11 is 3.32. The van der Waals surface area contributed by atoms with Crippen molar-refractivity contribution < 1.29 is 0 Å². The van der Waals surface area contributed by atoms with Crippen molar-refractivity contribution in [3.63, 3.8) is 0 Å². The molecule has 1 heterocycles. The molecule has 0 saturated carbocycles. The molecule has 0 aliphatic carbocycles. The molecule has 0 unspecified atom stereocenters. The van der Waals surface area contributed by atoms with Gasteiger partial charge in [-0.2, -0.15) is 5.10 Å². The van der Waals surface area contributed by atoms with Crippen LogP contribution in [-0.4, -0.2) is 41.9 Å². The summed E-state index contributed by atoms with van der Waals surface area (Å²) in [6.07, 6.45) is 2.70. The standard InChI is InChI=1S/C11H19BrN4O/c1-4-5-13-9-8-14-16(7-6-15(2)3)11(17)10(9)12/h8,13H,4-7H2,1-3H3. The van der Waals surface area contributed by atoms with Crippen molar-refractivity contribution in [3.05, 3.63) is 21.0 Å². The molecule has 6 heteroatoms. The van der Waals surface area contributed by atoms with Gasteiger partial charge < -0.3 is 10.2 Å². The van der Waals surface area contributed by atoms with E-state index in [1.807, 2.05) is 19.0 Å². The second-order valence-electron chi connectivity index (χ2n) is 4.13. The molecular formula is C11H19BrN4O. The van der Waals surface area contributed by atoms with E-state index >= 15 is 0 Å². The lowest BCUT2D eigenvalue weighted by Gasteiger charge is -2.12. The van der Waals surface area contributed by atoms with Gasteiger partial charge in [0, 0.05) is 13.1 Å². The van der Waals surface area contributed by atoms with Gasteiger partial charge in [-0.3, -0.25) is 4.79 Å². The fraction of sp³-hybridized carbons (Fsp3) is 0.636. The third-order valence-corrected chi connectivity index (χ3v) is 3.08.